The number of nitrogens with two attached hydrogens (primary N) is 1. The van der Waals surface area contributed by atoms with Crippen molar-refractivity contribution in [2.75, 3.05) is 6.61 Å². The van der Waals surface area contributed by atoms with Crippen LogP contribution in [0.5, 0.6) is 0 Å². The van der Waals surface area contributed by atoms with E-state index in [0.29, 0.717) is 6.42 Å². The molecule has 3 heteroatoms. The fourth-order valence-electron chi connectivity index (χ4n) is 1.07. The molecular weight excluding hydrogens is 218 g/mol. The number of benzene rings is 1. The minimum absolute atomic E-state index is 0.0782. The molecule has 0 amide bonds. The number of aliphatic hydroxyl groups excluding tert-OH is 1. The second-order valence-corrected chi connectivity index (χ2v) is 3.49. The standard InChI is InChI=1S/C9H12BrNO/c10-8-4-2-1-3-7(8)9(11)5-6-12/h1-4,9,12H,5-6,11H2/t9-/m1/s1. The zero-order valence-corrected chi connectivity index (χ0v) is 8.29. The van der Waals surface area contributed by atoms with Crippen LogP contribution in [0.4, 0.5) is 0 Å². The van der Waals surface area contributed by atoms with Crippen LogP contribution in [0, 0.1) is 0 Å². The molecule has 0 saturated heterocycles. The van der Waals surface area contributed by atoms with Gasteiger partial charge in [-0.1, -0.05) is 34.1 Å². The van der Waals surface area contributed by atoms with Crippen LogP contribution in [0.3, 0.4) is 0 Å². The fraction of sp³-hybridized carbons (Fsp3) is 0.333. The van der Waals surface area contributed by atoms with Crippen molar-refractivity contribution in [2.45, 2.75) is 12.5 Å². The smallest absolute Gasteiger partial charge is 0.0449 e. The van der Waals surface area contributed by atoms with Gasteiger partial charge in [-0.25, -0.2) is 0 Å². The summed E-state index contributed by atoms with van der Waals surface area (Å²) >= 11 is 3.41. The zero-order chi connectivity index (χ0) is 8.97. The highest BCUT2D eigenvalue weighted by Crippen LogP contribution is 2.22. The van der Waals surface area contributed by atoms with Crippen LogP contribution in [0.1, 0.15) is 18.0 Å². The molecule has 0 bridgehead atoms. The molecule has 0 aliphatic rings. The summed E-state index contributed by atoms with van der Waals surface area (Å²) in [5, 5.41) is 8.69. The molecule has 1 atom stereocenters. The van der Waals surface area contributed by atoms with Gasteiger partial charge in [-0.05, 0) is 18.1 Å². The quantitative estimate of drug-likeness (QED) is 0.832. The highest BCUT2D eigenvalue weighted by Gasteiger charge is 2.07. The summed E-state index contributed by atoms with van der Waals surface area (Å²) < 4.78 is 1.01. The Morgan fingerprint density at radius 3 is 2.67 bits per heavy atom. The van der Waals surface area contributed by atoms with Crippen molar-refractivity contribution < 1.29 is 5.11 Å². The van der Waals surface area contributed by atoms with Gasteiger partial charge in [0.25, 0.3) is 0 Å². The number of halogens is 1. The largest absolute Gasteiger partial charge is 0.396 e. The van der Waals surface area contributed by atoms with E-state index in [9.17, 15) is 0 Å². The summed E-state index contributed by atoms with van der Waals surface area (Å²) in [5.74, 6) is 0. The SMILES string of the molecule is N[C@H](CCO)c1ccccc1Br. The number of aliphatic hydroxyl groups is 1. The van der Waals surface area contributed by atoms with E-state index in [2.05, 4.69) is 15.9 Å². The Hall–Kier alpha value is -0.380. The van der Waals surface area contributed by atoms with E-state index in [1.165, 1.54) is 0 Å². The molecule has 0 fully saturated rings. The molecule has 0 spiro atoms. The van der Waals surface area contributed by atoms with Gasteiger partial charge in [-0.2, -0.15) is 0 Å². The molecule has 12 heavy (non-hydrogen) atoms. The Morgan fingerprint density at radius 1 is 1.42 bits per heavy atom. The molecule has 0 aliphatic carbocycles. The molecule has 0 radical (unpaired) electrons. The summed E-state index contributed by atoms with van der Waals surface area (Å²) in [7, 11) is 0. The fourth-order valence-corrected chi connectivity index (χ4v) is 1.65. The van der Waals surface area contributed by atoms with E-state index < -0.39 is 0 Å². The minimum atomic E-state index is -0.0782. The normalized spacial score (nSPS) is 12.9. The maximum atomic E-state index is 8.69. The maximum absolute atomic E-state index is 8.69. The highest BCUT2D eigenvalue weighted by molar-refractivity contribution is 9.10. The van der Waals surface area contributed by atoms with Crippen LogP contribution in [-0.2, 0) is 0 Å². The predicted molar refractivity (Wildman–Crippen MR) is 52.8 cm³/mol. The Kier molecular flexibility index (Phi) is 3.72. The first kappa shape index (κ1) is 9.71. The monoisotopic (exact) mass is 229 g/mol. The third kappa shape index (κ3) is 2.30. The summed E-state index contributed by atoms with van der Waals surface area (Å²) in [6.45, 7) is 0.127. The molecule has 0 aliphatic heterocycles. The van der Waals surface area contributed by atoms with Crippen LogP contribution in [-0.4, -0.2) is 11.7 Å². The Bertz CT molecular complexity index is 252. The van der Waals surface area contributed by atoms with Crippen molar-refractivity contribution in [2.24, 2.45) is 5.73 Å². The lowest BCUT2D eigenvalue weighted by Gasteiger charge is -2.11. The van der Waals surface area contributed by atoms with Crippen molar-refractivity contribution in [1.82, 2.24) is 0 Å². The minimum Gasteiger partial charge on any atom is -0.396 e. The summed E-state index contributed by atoms with van der Waals surface area (Å²) in [5.41, 5.74) is 6.86. The van der Waals surface area contributed by atoms with Gasteiger partial charge < -0.3 is 10.8 Å². The lowest BCUT2D eigenvalue weighted by Crippen LogP contribution is -2.12. The number of rotatable bonds is 3. The van der Waals surface area contributed by atoms with Gasteiger partial charge in [-0.15, -0.1) is 0 Å². The molecular formula is C9H12BrNO. The van der Waals surface area contributed by atoms with Gasteiger partial charge in [-0.3, -0.25) is 0 Å². The van der Waals surface area contributed by atoms with Gasteiger partial charge in [0, 0.05) is 17.1 Å². The summed E-state index contributed by atoms with van der Waals surface area (Å²) in [6.07, 6.45) is 0.600. The van der Waals surface area contributed by atoms with E-state index in [-0.39, 0.29) is 12.6 Å². The third-order valence-electron chi connectivity index (χ3n) is 1.74. The van der Waals surface area contributed by atoms with Crippen LogP contribution in [0.25, 0.3) is 0 Å². The molecule has 0 unspecified atom stereocenters. The Morgan fingerprint density at radius 2 is 2.08 bits per heavy atom. The van der Waals surface area contributed by atoms with E-state index in [0.717, 1.165) is 10.0 Å². The molecule has 0 aromatic heterocycles. The molecule has 1 rings (SSSR count). The van der Waals surface area contributed by atoms with E-state index >= 15 is 0 Å². The van der Waals surface area contributed by atoms with Gasteiger partial charge >= 0.3 is 0 Å². The van der Waals surface area contributed by atoms with E-state index in [4.69, 9.17) is 10.8 Å². The number of hydrogen-bond donors (Lipinski definition) is 2. The summed E-state index contributed by atoms with van der Waals surface area (Å²) in [6, 6.07) is 7.72. The van der Waals surface area contributed by atoms with Crippen LogP contribution in [0.2, 0.25) is 0 Å². The topological polar surface area (TPSA) is 46.2 Å². The molecule has 1 aromatic carbocycles. The van der Waals surface area contributed by atoms with E-state index in [1.807, 2.05) is 24.3 Å². The van der Waals surface area contributed by atoms with Crippen molar-refractivity contribution in [3.63, 3.8) is 0 Å². The second-order valence-electron chi connectivity index (χ2n) is 2.64. The van der Waals surface area contributed by atoms with Gasteiger partial charge in [0.1, 0.15) is 0 Å². The van der Waals surface area contributed by atoms with Crippen molar-refractivity contribution in [3.8, 4) is 0 Å². The molecule has 0 saturated carbocycles. The molecule has 0 heterocycles. The number of hydrogen-bond acceptors (Lipinski definition) is 2. The van der Waals surface area contributed by atoms with Crippen LogP contribution < -0.4 is 5.73 Å². The first-order valence-corrected chi connectivity index (χ1v) is 4.66. The van der Waals surface area contributed by atoms with Crippen LogP contribution in [0.15, 0.2) is 28.7 Å². The second kappa shape index (κ2) is 4.60. The average Bonchev–Trinajstić information content (AvgIpc) is 2.05. The third-order valence-corrected chi connectivity index (χ3v) is 2.47. The lowest BCUT2D eigenvalue weighted by molar-refractivity contribution is 0.276. The maximum Gasteiger partial charge on any atom is 0.0449 e. The first-order valence-electron chi connectivity index (χ1n) is 3.86. The lowest BCUT2D eigenvalue weighted by atomic mass is 10.1. The predicted octanol–water partition coefficient (Wildman–Crippen LogP) is 1.83. The molecule has 66 valence electrons. The average molecular weight is 230 g/mol. The van der Waals surface area contributed by atoms with E-state index in [1.54, 1.807) is 0 Å². The highest BCUT2D eigenvalue weighted by atomic mass is 79.9. The van der Waals surface area contributed by atoms with Gasteiger partial charge in [0.15, 0.2) is 0 Å². The van der Waals surface area contributed by atoms with Crippen molar-refractivity contribution in [3.05, 3.63) is 34.3 Å². The van der Waals surface area contributed by atoms with Crippen molar-refractivity contribution >= 4 is 15.9 Å². The molecule has 1 aromatic rings. The van der Waals surface area contributed by atoms with Gasteiger partial charge in [0.05, 0.1) is 0 Å². The molecule has 3 N–H and O–H groups in total. The van der Waals surface area contributed by atoms with Crippen LogP contribution >= 0.6 is 15.9 Å². The molecule has 2 nitrogen and oxygen atoms in total. The summed E-state index contributed by atoms with van der Waals surface area (Å²) in [4.78, 5) is 0. The Balaban J connectivity index is 2.79. The first-order chi connectivity index (χ1) is 5.75. The van der Waals surface area contributed by atoms with Gasteiger partial charge in [0.2, 0.25) is 0 Å². The Labute approximate surface area is 80.5 Å². The zero-order valence-electron chi connectivity index (χ0n) is 6.70. The van der Waals surface area contributed by atoms with Crippen molar-refractivity contribution in [1.29, 1.82) is 0 Å².